The Morgan fingerprint density at radius 2 is 2.14 bits per heavy atom. The highest BCUT2D eigenvalue weighted by atomic mass is 35.5. The number of hydrogen-bond donors (Lipinski definition) is 1. The van der Waals surface area contributed by atoms with Crippen LogP contribution in [-0.4, -0.2) is 67.7 Å². The molecule has 2 saturated heterocycles. The van der Waals surface area contributed by atoms with E-state index in [1.165, 1.54) is 0 Å². The standard InChI is InChI=1S/C16H22ClN3O2/c1-18-15(21)14-8-22-16(9-19(14)2)10-20(11-16)7-12-5-3-4-6-13(12)17/h3-6,14H,7-11H2,1-2H3,(H,18,21). The number of nitrogens with zero attached hydrogens (tertiary/aromatic N) is 2. The van der Waals surface area contributed by atoms with Gasteiger partial charge in [-0.25, -0.2) is 0 Å². The summed E-state index contributed by atoms with van der Waals surface area (Å²) in [6.45, 7) is 3.83. The smallest absolute Gasteiger partial charge is 0.239 e. The second kappa shape index (κ2) is 6.16. The number of nitrogens with one attached hydrogen (secondary N) is 1. The van der Waals surface area contributed by atoms with Crippen molar-refractivity contribution >= 4 is 17.5 Å². The van der Waals surface area contributed by atoms with Crippen LogP contribution in [0, 0.1) is 0 Å². The number of amides is 1. The van der Waals surface area contributed by atoms with Gasteiger partial charge in [-0.2, -0.15) is 0 Å². The maximum Gasteiger partial charge on any atom is 0.239 e. The number of morpholine rings is 1. The van der Waals surface area contributed by atoms with Crippen LogP contribution in [0.1, 0.15) is 5.56 Å². The maximum absolute atomic E-state index is 11.8. The van der Waals surface area contributed by atoms with Crippen LogP contribution in [-0.2, 0) is 16.1 Å². The first-order valence-electron chi connectivity index (χ1n) is 7.54. The summed E-state index contributed by atoms with van der Waals surface area (Å²) in [5, 5.41) is 3.50. The van der Waals surface area contributed by atoms with Crippen LogP contribution in [0.3, 0.4) is 0 Å². The van der Waals surface area contributed by atoms with Crippen LogP contribution in [0.2, 0.25) is 5.02 Å². The molecule has 1 N–H and O–H groups in total. The van der Waals surface area contributed by atoms with E-state index in [1.807, 2.05) is 25.2 Å². The molecular weight excluding hydrogens is 302 g/mol. The lowest BCUT2D eigenvalue weighted by molar-refractivity contribution is -0.198. The average Bonchev–Trinajstić information content (AvgIpc) is 2.47. The Morgan fingerprint density at radius 3 is 2.77 bits per heavy atom. The summed E-state index contributed by atoms with van der Waals surface area (Å²) in [4.78, 5) is 16.2. The largest absolute Gasteiger partial charge is 0.369 e. The highest BCUT2D eigenvalue weighted by Crippen LogP contribution is 2.32. The van der Waals surface area contributed by atoms with Crippen LogP contribution < -0.4 is 5.32 Å². The van der Waals surface area contributed by atoms with E-state index >= 15 is 0 Å². The summed E-state index contributed by atoms with van der Waals surface area (Å²) in [6, 6.07) is 7.75. The minimum atomic E-state index is -0.187. The summed E-state index contributed by atoms with van der Waals surface area (Å²) in [5.74, 6) is 0.0181. The molecule has 6 heteroatoms. The molecule has 5 nitrogen and oxygen atoms in total. The van der Waals surface area contributed by atoms with Crippen molar-refractivity contribution in [2.45, 2.75) is 18.2 Å². The normalized spacial score (nSPS) is 25.0. The van der Waals surface area contributed by atoms with E-state index in [-0.39, 0.29) is 17.6 Å². The third-order valence-corrected chi connectivity index (χ3v) is 4.91. The second-order valence-corrected chi connectivity index (χ2v) is 6.68. The van der Waals surface area contributed by atoms with Crippen molar-refractivity contribution in [3.63, 3.8) is 0 Å². The van der Waals surface area contributed by atoms with Crippen molar-refractivity contribution in [1.82, 2.24) is 15.1 Å². The maximum atomic E-state index is 11.8. The zero-order valence-corrected chi connectivity index (χ0v) is 13.8. The number of hydrogen-bond acceptors (Lipinski definition) is 4. The Bertz CT molecular complexity index is 560. The van der Waals surface area contributed by atoms with Gasteiger partial charge in [0.1, 0.15) is 11.6 Å². The molecule has 1 atom stereocenters. The van der Waals surface area contributed by atoms with E-state index in [0.717, 1.165) is 36.8 Å². The molecule has 2 fully saturated rings. The molecule has 2 heterocycles. The van der Waals surface area contributed by atoms with E-state index in [1.54, 1.807) is 7.05 Å². The zero-order valence-electron chi connectivity index (χ0n) is 13.0. The lowest BCUT2D eigenvalue weighted by Gasteiger charge is -2.55. The third kappa shape index (κ3) is 2.99. The molecule has 1 unspecified atom stereocenters. The van der Waals surface area contributed by atoms with Crippen LogP contribution in [0.5, 0.6) is 0 Å². The first kappa shape index (κ1) is 15.7. The monoisotopic (exact) mass is 323 g/mol. The quantitative estimate of drug-likeness (QED) is 0.900. The molecule has 0 aliphatic carbocycles. The lowest BCUT2D eigenvalue weighted by atomic mass is 9.90. The SMILES string of the molecule is CNC(=O)C1COC2(CN(Cc3ccccc3Cl)C2)CN1C. The Kier molecular flexibility index (Phi) is 4.41. The summed E-state index contributed by atoms with van der Waals surface area (Å²) in [7, 11) is 3.65. The Morgan fingerprint density at radius 1 is 1.41 bits per heavy atom. The van der Waals surface area contributed by atoms with Crippen LogP contribution in [0.25, 0.3) is 0 Å². The fraction of sp³-hybridized carbons (Fsp3) is 0.562. The van der Waals surface area contributed by atoms with Gasteiger partial charge in [0.2, 0.25) is 5.91 Å². The number of benzene rings is 1. The van der Waals surface area contributed by atoms with E-state index in [9.17, 15) is 4.79 Å². The molecule has 3 rings (SSSR count). The predicted molar refractivity (Wildman–Crippen MR) is 85.9 cm³/mol. The summed E-state index contributed by atoms with van der Waals surface area (Å²) in [5.41, 5.74) is 1.01. The molecule has 2 aliphatic rings. The Hall–Kier alpha value is -1.14. The van der Waals surface area contributed by atoms with Gasteiger partial charge in [-0.05, 0) is 18.7 Å². The lowest BCUT2D eigenvalue weighted by Crippen LogP contribution is -2.71. The first-order chi connectivity index (χ1) is 10.5. The molecule has 120 valence electrons. The van der Waals surface area contributed by atoms with Gasteiger partial charge >= 0.3 is 0 Å². The fourth-order valence-corrected chi connectivity index (χ4v) is 3.57. The summed E-state index contributed by atoms with van der Waals surface area (Å²) >= 11 is 6.21. The molecule has 1 amide bonds. The minimum Gasteiger partial charge on any atom is -0.369 e. The van der Waals surface area contributed by atoms with E-state index in [2.05, 4.69) is 21.2 Å². The first-order valence-corrected chi connectivity index (χ1v) is 7.92. The van der Waals surface area contributed by atoms with Crippen LogP contribution in [0.15, 0.2) is 24.3 Å². The molecule has 0 bridgehead atoms. The Labute approximate surface area is 136 Å². The van der Waals surface area contributed by atoms with Crippen LogP contribution >= 0.6 is 11.6 Å². The van der Waals surface area contributed by atoms with Gasteiger partial charge in [-0.3, -0.25) is 14.6 Å². The van der Waals surface area contributed by atoms with E-state index in [4.69, 9.17) is 16.3 Å². The van der Waals surface area contributed by atoms with E-state index in [0.29, 0.717) is 6.61 Å². The van der Waals surface area contributed by atoms with Crippen molar-refractivity contribution in [1.29, 1.82) is 0 Å². The summed E-state index contributed by atoms with van der Waals surface area (Å²) < 4.78 is 6.03. The molecule has 0 saturated carbocycles. The van der Waals surface area contributed by atoms with Crippen LogP contribution in [0.4, 0.5) is 0 Å². The number of halogens is 1. The Balaban J connectivity index is 1.55. The predicted octanol–water partition coefficient (Wildman–Crippen LogP) is 0.971. The molecule has 0 aromatic heterocycles. The van der Waals surface area contributed by atoms with Gasteiger partial charge in [0.05, 0.1) is 6.61 Å². The number of carbonyl (C=O) groups is 1. The van der Waals surface area contributed by atoms with Crippen molar-refractivity contribution in [2.24, 2.45) is 0 Å². The van der Waals surface area contributed by atoms with Crippen molar-refractivity contribution in [3.8, 4) is 0 Å². The molecule has 0 radical (unpaired) electrons. The van der Waals surface area contributed by atoms with Crippen molar-refractivity contribution < 1.29 is 9.53 Å². The average molecular weight is 324 g/mol. The highest BCUT2D eigenvalue weighted by Gasteiger charge is 2.49. The van der Waals surface area contributed by atoms with Gasteiger partial charge in [-0.1, -0.05) is 29.8 Å². The van der Waals surface area contributed by atoms with Crippen molar-refractivity contribution in [3.05, 3.63) is 34.9 Å². The molecular formula is C16H22ClN3O2. The highest BCUT2D eigenvalue weighted by molar-refractivity contribution is 6.31. The van der Waals surface area contributed by atoms with E-state index < -0.39 is 0 Å². The zero-order chi connectivity index (χ0) is 15.7. The summed E-state index contributed by atoms with van der Waals surface area (Å²) in [6.07, 6.45) is 0. The molecule has 2 aliphatic heterocycles. The molecule has 1 aromatic carbocycles. The number of carbonyl (C=O) groups excluding carboxylic acids is 1. The number of likely N-dealkylation sites (N-methyl/N-ethyl adjacent to an activating group) is 2. The van der Waals surface area contributed by atoms with Gasteiger partial charge in [0, 0.05) is 38.2 Å². The molecule has 1 aromatic rings. The number of ether oxygens (including phenoxy) is 1. The third-order valence-electron chi connectivity index (χ3n) is 4.54. The molecule has 1 spiro atoms. The number of likely N-dealkylation sites (tertiary alicyclic amines) is 1. The fourth-order valence-electron chi connectivity index (χ4n) is 3.38. The van der Waals surface area contributed by atoms with Gasteiger partial charge < -0.3 is 10.1 Å². The topological polar surface area (TPSA) is 44.8 Å². The minimum absolute atomic E-state index is 0.0181. The van der Waals surface area contributed by atoms with Gasteiger partial charge in [0.15, 0.2) is 0 Å². The molecule has 22 heavy (non-hydrogen) atoms. The van der Waals surface area contributed by atoms with Gasteiger partial charge in [0.25, 0.3) is 0 Å². The number of rotatable bonds is 3. The second-order valence-electron chi connectivity index (χ2n) is 6.28. The van der Waals surface area contributed by atoms with Crippen molar-refractivity contribution in [2.75, 3.05) is 40.3 Å². The van der Waals surface area contributed by atoms with Gasteiger partial charge in [-0.15, -0.1) is 0 Å².